The maximum Gasteiger partial charge on any atom is 0.534 e. The summed E-state index contributed by atoms with van der Waals surface area (Å²) >= 11 is 0. The van der Waals surface area contributed by atoms with Crippen molar-refractivity contribution in [1.82, 2.24) is 0 Å². The molecule has 0 N–H and O–H groups in total. The largest absolute Gasteiger partial charge is 0.534 e. The summed E-state index contributed by atoms with van der Waals surface area (Å²) in [6.45, 7) is 0. The molecule has 0 saturated heterocycles. The Bertz CT molecular complexity index is 2660. The Morgan fingerprint density at radius 2 is 0.700 bits per heavy atom. The molecule has 0 aliphatic rings. The van der Waals surface area contributed by atoms with E-state index in [4.69, 9.17) is 0 Å². The number of rotatable bonds is 6. The van der Waals surface area contributed by atoms with Gasteiger partial charge in [-0.3, -0.25) is 0 Å². The van der Waals surface area contributed by atoms with Gasteiger partial charge in [-0.15, -0.1) is 0 Å². The number of hydrogen-bond donors (Lipinski definition) is 0. The molecule has 0 amide bonds. The van der Waals surface area contributed by atoms with E-state index >= 15 is 0 Å². The van der Waals surface area contributed by atoms with Crippen molar-refractivity contribution in [2.75, 3.05) is 0 Å². The van der Waals surface area contributed by atoms with Crippen molar-refractivity contribution in [1.29, 1.82) is 0 Å². The van der Waals surface area contributed by atoms with Crippen molar-refractivity contribution in [2.24, 2.45) is 0 Å². The van der Waals surface area contributed by atoms with E-state index in [0.717, 1.165) is 33.4 Å². The number of benzene rings is 8. The number of fused-ring (bicyclic) bond motifs is 6. The molecule has 8 rings (SSSR count). The van der Waals surface area contributed by atoms with Gasteiger partial charge in [-0.25, -0.2) is 0 Å². The summed E-state index contributed by atoms with van der Waals surface area (Å²) in [5, 5.41) is 7.37. The smallest absolute Gasteiger partial charge is 0.376 e. The molecule has 8 aromatic rings. The monoisotopic (exact) mass is 680 g/mol. The van der Waals surface area contributed by atoms with Crippen LogP contribution in [-0.4, -0.2) is 13.9 Å². The van der Waals surface area contributed by atoms with Gasteiger partial charge in [0.05, 0.1) is 0 Å². The average Bonchev–Trinajstić information content (AvgIpc) is 3.14. The van der Waals surface area contributed by atoms with Crippen molar-refractivity contribution in [3.63, 3.8) is 0 Å². The summed E-state index contributed by atoms with van der Waals surface area (Å²) in [7, 11) is -5.78. The highest BCUT2D eigenvalue weighted by Crippen LogP contribution is 2.38. The van der Waals surface area contributed by atoms with Crippen LogP contribution in [0.5, 0.6) is 5.75 Å². The molecule has 0 radical (unpaired) electrons. The molecule has 50 heavy (non-hydrogen) atoms. The normalized spacial score (nSPS) is 12.1. The maximum atomic E-state index is 12.9. The standard InChI is InChI=1S/C43H27F3O3S/c44-43(45,46)50(47,48)49-36-16-8-15-34(26-36)32-13-6-11-30(24-32)28-9-5-10-29(23-28)31-12-7-14-33(25-31)35-21-22-41-39-19-2-1-17-37(39)38-18-3-4-20-40(38)42(41)27-35/h1-27H. The zero-order chi connectivity index (χ0) is 34.5. The Labute approximate surface area is 287 Å². The first-order valence-electron chi connectivity index (χ1n) is 15.9. The van der Waals surface area contributed by atoms with E-state index in [2.05, 4.69) is 107 Å². The maximum absolute atomic E-state index is 12.9. The first-order chi connectivity index (χ1) is 24.1. The van der Waals surface area contributed by atoms with Gasteiger partial charge in [0, 0.05) is 0 Å². The molecule has 0 heterocycles. The van der Waals surface area contributed by atoms with Crippen molar-refractivity contribution in [3.8, 4) is 50.3 Å². The molecule has 0 fully saturated rings. The van der Waals surface area contributed by atoms with Gasteiger partial charge >= 0.3 is 15.6 Å². The van der Waals surface area contributed by atoms with Crippen LogP contribution in [0.15, 0.2) is 164 Å². The minimum atomic E-state index is -5.78. The first kappa shape index (κ1) is 31.4. The van der Waals surface area contributed by atoms with E-state index in [0.29, 0.717) is 11.1 Å². The molecular weight excluding hydrogens is 654 g/mol. The molecule has 0 unspecified atom stereocenters. The fraction of sp³-hybridized carbons (Fsp3) is 0.0233. The fourth-order valence-corrected chi connectivity index (χ4v) is 7.08. The van der Waals surface area contributed by atoms with Gasteiger partial charge in [0.15, 0.2) is 0 Å². The molecule has 0 aliphatic heterocycles. The molecule has 0 aliphatic carbocycles. The third kappa shape index (κ3) is 5.76. The number of hydrogen-bond acceptors (Lipinski definition) is 3. The second-order valence-electron chi connectivity index (χ2n) is 12.1. The van der Waals surface area contributed by atoms with Crippen LogP contribution < -0.4 is 4.18 Å². The summed E-state index contributed by atoms with van der Waals surface area (Å²) in [5.74, 6) is -0.417. The topological polar surface area (TPSA) is 43.4 Å². The Hall–Kier alpha value is -5.92. The molecule has 0 spiro atoms. The lowest BCUT2D eigenvalue weighted by Crippen LogP contribution is -2.28. The third-order valence-corrected chi connectivity index (χ3v) is 9.97. The summed E-state index contributed by atoms with van der Waals surface area (Å²) in [6.07, 6.45) is 0. The zero-order valence-electron chi connectivity index (χ0n) is 26.4. The predicted molar refractivity (Wildman–Crippen MR) is 196 cm³/mol. The second kappa shape index (κ2) is 12.2. The molecule has 0 saturated carbocycles. The van der Waals surface area contributed by atoms with E-state index < -0.39 is 21.4 Å². The Balaban J connectivity index is 1.13. The number of halogens is 3. The lowest BCUT2D eigenvalue weighted by atomic mass is 9.91. The van der Waals surface area contributed by atoms with Crippen molar-refractivity contribution >= 4 is 42.4 Å². The average molecular weight is 681 g/mol. The predicted octanol–water partition coefficient (Wildman–Crippen LogP) is 12.0. The van der Waals surface area contributed by atoms with E-state index in [9.17, 15) is 21.6 Å². The summed E-state index contributed by atoms with van der Waals surface area (Å²) in [4.78, 5) is 0. The minimum absolute atomic E-state index is 0.417. The van der Waals surface area contributed by atoms with Crippen LogP contribution in [0, 0.1) is 0 Å². The van der Waals surface area contributed by atoms with Gasteiger partial charge in [-0.2, -0.15) is 21.6 Å². The third-order valence-electron chi connectivity index (χ3n) is 8.99. The molecule has 8 aromatic carbocycles. The molecule has 0 bridgehead atoms. The van der Waals surface area contributed by atoms with Crippen LogP contribution in [0.3, 0.4) is 0 Å². The fourth-order valence-electron chi connectivity index (χ4n) is 6.62. The Morgan fingerprint density at radius 1 is 0.360 bits per heavy atom. The summed E-state index contributed by atoms with van der Waals surface area (Å²) < 4.78 is 66.1. The molecule has 244 valence electrons. The van der Waals surface area contributed by atoms with E-state index in [1.807, 2.05) is 36.4 Å². The van der Waals surface area contributed by atoms with Gasteiger partial charge in [0.25, 0.3) is 0 Å². The Morgan fingerprint density at radius 3 is 1.12 bits per heavy atom. The van der Waals surface area contributed by atoms with Gasteiger partial charge in [-0.05, 0) is 113 Å². The van der Waals surface area contributed by atoms with Crippen molar-refractivity contribution < 1.29 is 25.8 Å². The highest BCUT2D eigenvalue weighted by atomic mass is 32.2. The summed E-state index contributed by atoms with van der Waals surface area (Å²) in [6, 6.07) is 53.5. The van der Waals surface area contributed by atoms with E-state index in [1.165, 1.54) is 50.5 Å². The van der Waals surface area contributed by atoms with Gasteiger partial charge in [0.1, 0.15) is 5.75 Å². The van der Waals surface area contributed by atoms with Crippen molar-refractivity contribution in [3.05, 3.63) is 164 Å². The van der Waals surface area contributed by atoms with Crippen molar-refractivity contribution in [2.45, 2.75) is 5.51 Å². The van der Waals surface area contributed by atoms with Crippen LogP contribution >= 0.6 is 0 Å². The van der Waals surface area contributed by atoms with Crippen LogP contribution in [0.1, 0.15) is 0 Å². The lowest BCUT2D eigenvalue weighted by Gasteiger charge is -2.13. The SMILES string of the molecule is O=S(=O)(Oc1cccc(-c2cccc(-c3cccc(-c4cccc(-c5ccc6c7ccccc7c7ccccc7c6c5)c4)c3)c2)c1)C(F)(F)F. The van der Waals surface area contributed by atoms with Crippen LogP contribution in [0.4, 0.5) is 13.2 Å². The van der Waals surface area contributed by atoms with Crippen LogP contribution in [0.25, 0.3) is 76.8 Å². The van der Waals surface area contributed by atoms with Gasteiger partial charge in [-0.1, -0.05) is 127 Å². The van der Waals surface area contributed by atoms with Gasteiger partial charge < -0.3 is 4.18 Å². The molecule has 3 nitrogen and oxygen atoms in total. The molecule has 7 heteroatoms. The van der Waals surface area contributed by atoms with E-state index in [1.54, 1.807) is 6.07 Å². The highest BCUT2D eigenvalue weighted by Gasteiger charge is 2.48. The molecular formula is C43H27F3O3S. The first-order valence-corrected chi connectivity index (χ1v) is 17.3. The summed E-state index contributed by atoms with van der Waals surface area (Å²) in [5.41, 5.74) is 1.84. The van der Waals surface area contributed by atoms with E-state index in [-0.39, 0.29) is 0 Å². The number of alkyl halides is 3. The molecule has 0 atom stereocenters. The highest BCUT2D eigenvalue weighted by molar-refractivity contribution is 7.88. The quantitative estimate of drug-likeness (QED) is 0.0997. The van der Waals surface area contributed by atoms with Crippen LogP contribution in [-0.2, 0) is 10.1 Å². The van der Waals surface area contributed by atoms with Crippen LogP contribution in [0.2, 0.25) is 0 Å². The zero-order valence-corrected chi connectivity index (χ0v) is 27.2. The Kier molecular flexibility index (Phi) is 7.65. The van der Waals surface area contributed by atoms with Gasteiger partial charge in [0.2, 0.25) is 0 Å². The lowest BCUT2D eigenvalue weighted by molar-refractivity contribution is -0.0500. The second-order valence-corrected chi connectivity index (χ2v) is 13.6. The minimum Gasteiger partial charge on any atom is -0.376 e. The molecule has 0 aromatic heterocycles.